The minimum atomic E-state index is -0.759. The minimum Gasteiger partial charge on any atom is -0.385 e. The first kappa shape index (κ1) is 10.2. The number of nitrogens with one attached hydrogen (secondary N) is 1. The van der Waals surface area contributed by atoms with Gasteiger partial charge in [-0.15, -0.1) is 0 Å². The van der Waals surface area contributed by atoms with E-state index in [9.17, 15) is 9.50 Å². The summed E-state index contributed by atoms with van der Waals surface area (Å²) in [4.78, 5) is 0. The van der Waals surface area contributed by atoms with Crippen LogP contribution in [0.25, 0.3) is 0 Å². The Kier molecular flexibility index (Phi) is 2.26. The molecule has 0 spiro atoms. The Hall–Kier alpha value is -0.930. The van der Waals surface area contributed by atoms with E-state index in [2.05, 4.69) is 5.32 Å². The molecule has 0 unspecified atom stereocenters. The van der Waals surface area contributed by atoms with Crippen LogP contribution in [0.15, 0.2) is 24.3 Å². The third kappa shape index (κ3) is 1.64. The Balaban J connectivity index is 1.90. The number of aliphatic hydroxyl groups is 1. The maximum Gasteiger partial charge on any atom is 0.123 e. The van der Waals surface area contributed by atoms with Gasteiger partial charge < -0.3 is 10.4 Å². The van der Waals surface area contributed by atoms with Crippen LogP contribution in [0.3, 0.4) is 0 Å². The van der Waals surface area contributed by atoms with Crippen LogP contribution in [-0.4, -0.2) is 17.2 Å². The smallest absolute Gasteiger partial charge is 0.123 e. The van der Waals surface area contributed by atoms with Gasteiger partial charge in [0.25, 0.3) is 0 Å². The van der Waals surface area contributed by atoms with Gasteiger partial charge in [-0.05, 0) is 43.4 Å². The average Bonchev–Trinajstić information content (AvgIpc) is 2.59. The van der Waals surface area contributed by atoms with Gasteiger partial charge in [-0.2, -0.15) is 0 Å². The fourth-order valence-electron chi connectivity index (χ4n) is 3.12. The zero-order valence-electron chi connectivity index (χ0n) is 9.12. The topological polar surface area (TPSA) is 32.3 Å². The fraction of sp³-hybridized carbons (Fsp3) is 0.538. The number of rotatable bonds is 1. The van der Waals surface area contributed by atoms with Crippen molar-refractivity contribution in [2.75, 3.05) is 0 Å². The molecule has 86 valence electrons. The predicted molar refractivity (Wildman–Crippen MR) is 59.5 cm³/mol. The molecule has 2 saturated heterocycles. The van der Waals surface area contributed by atoms with E-state index in [-0.39, 0.29) is 5.82 Å². The number of hydrogen-bond acceptors (Lipinski definition) is 2. The summed E-state index contributed by atoms with van der Waals surface area (Å²) < 4.78 is 12.9. The molecule has 2 aliphatic heterocycles. The molecule has 2 atom stereocenters. The fourth-order valence-corrected chi connectivity index (χ4v) is 3.12. The van der Waals surface area contributed by atoms with Crippen molar-refractivity contribution in [3.05, 3.63) is 35.6 Å². The average molecular weight is 221 g/mol. The molecule has 0 aromatic heterocycles. The van der Waals surface area contributed by atoms with Gasteiger partial charge in [0, 0.05) is 12.1 Å². The van der Waals surface area contributed by atoms with E-state index in [0.717, 1.165) is 31.2 Å². The van der Waals surface area contributed by atoms with E-state index >= 15 is 0 Å². The lowest BCUT2D eigenvalue weighted by Gasteiger charge is -2.37. The van der Waals surface area contributed by atoms with Crippen molar-refractivity contribution in [1.82, 2.24) is 5.32 Å². The molecule has 0 saturated carbocycles. The standard InChI is InChI=1S/C13H16FNO/c14-10-3-1-9(2-4-10)13(16)7-11-5-6-12(8-13)15-11/h1-4,11-12,15-16H,5-8H2/t11-,12-/m0/s1. The molecule has 1 aromatic carbocycles. The second-order valence-corrected chi connectivity index (χ2v) is 5.08. The highest BCUT2D eigenvalue weighted by Gasteiger charge is 2.43. The number of hydrogen-bond donors (Lipinski definition) is 2. The molecule has 3 heteroatoms. The van der Waals surface area contributed by atoms with Crippen molar-refractivity contribution >= 4 is 0 Å². The van der Waals surface area contributed by atoms with Crippen LogP contribution >= 0.6 is 0 Å². The quantitative estimate of drug-likeness (QED) is 0.759. The van der Waals surface area contributed by atoms with Crippen LogP contribution in [0.2, 0.25) is 0 Å². The first-order valence-electron chi connectivity index (χ1n) is 5.90. The lowest BCUT2D eigenvalue weighted by Crippen LogP contribution is -2.46. The molecule has 1 aromatic rings. The Labute approximate surface area is 94.5 Å². The molecule has 0 aliphatic carbocycles. The van der Waals surface area contributed by atoms with Crippen LogP contribution in [0.4, 0.5) is 4.39 Å². The highest BCUT2D eigenvalue weighted by atomic mass is 19.1. The van der Waals surface area contributed by atoms with Gasteiger partial charge in [0.1, 0.15) is 5.82 Å². The van der Waals surface area contributed by atoms with Crippen molar-refractivity contribution in [3.8, 4) is 0 Å². The first-order valence-corrected chi connectivity index (χ1v) is 5.90. The third-order valence-electron chi connectivity index (χ3n) is 3.88. The van der Waals surface area contributed by atoms with Gasteiger partial charge in [0.2, 0.25) is 0 Å². The van der Waals surface area contributed by atoms with Crippen LogP contribution in [-0.2, 0) is 5.60 Å². The van der Waals surface area contributed by atoms with Crippen molar-refractivity contribution in [2.24, 2.45) is 0 Å². The van der Waals surface area contributed by atoms with Gasteiger partial charge in [0.05, 0.1) is 5.60 Å². The molecule has 2 aliphatic rings. The molecular formula is C13H16FNO. The van der Waals surface area contributed by atoms with Crippen molar-refractivity contribution in [2.45, 2.75) is 43.4 Å². The van der Waals surface area contributed by atoms with E-state index in [0.29, 0.717) is 12.1 Å². The van der Waals surface area contributed by atoms with Crippen LogP contribution in [0, 0.1) is 5.82 Å². The summed E-state index contributed by atoms with van der Waals surface area (Å²) in [7, 11) is 0. The molecule has 0 amide bonds. The SMILES string of the molecule is OC1(c2ccc(F)cc2)C[C@@H]2CC[C@@H](C1)N2. The summed E-state index contributed by atoms with van der Waals surface area (Å²) in [6.45, 7) is 0. The molecular weight excluding hydrogens is 205 g/mol. The summed E-state index contributed by atoms with van der Waals surface area (Å²) in [5.74, 6) is -0.246. The minimum absolute atomic E-state index is 0.246. The summed E-state index contributed by atoms with van der Waals surface area (Å²) in [5, 5.41) is 14.1. The second kappa shape index (κ2) is 3.54. The molecule has 3 rings (SSSR count). The highest BCUT2D eigenvalue weighted by molar-refractivity contribution is 5.25. The normalized spacial score (nSPS) is 37.6. The summed E-state index contributed by atoms with van der Waals surface area (Å²) in [6, 6.07) is 7.12. The number of piperidine rings is 1. The van der Waals surface area contributed by atoms with E-state index < -0.39 is 5.60 Å². The number of benzene rings is 1. The molecule has 2 nitrogen and oxygen atoms in total. The maximum absolute atomic E-state index is 12.9. The van der Waals surface area contributed by atoms with Gasteiger partial charge in [-0.1, -0.05) is 12.1 Å². The zero-order chi connectivity index (χ0) is 11.2. The van der Waals surface area contributed by atoms with Gasteiger partial charge in [-0.25, -0.2) is 4.39 Å². The summed E-state index contributed by atoms with van der Waals surface area (Å²) in [6.07, 6.45) is 3.78. The van der Waals surface area contributed by atoms with Crippen LogP contribution in [0.5, 0.6) is 0 Å². The van der Waals surface area contributed by atoms with E-state index in [1.54, 1.807) is 12.1 Å². The van der Waals surface area contributed by atoms with Crippen molar-refractivity contribution in [1.29, 1.82) is 0 Å². The number of halogens is 1. The number of fused-ring (bicyclic) bond motifs is 2. The van der Waals surface area contributed by atoms with Gasteiger partial charge in [0.15, 0.2) is 0 Å². The molecule has 2 heterocycles. The Morgan fingerprint density at radius 3 is 2.25 bits per heavy atom. The highest BCUT2D eigenvalue weighted by Crippen LogP contribution is 2.40. The van der Waals surface area contributed by atoms with Gasteiger partial charge in [-0.3, -0.25) is 0 Å². The Morgan fingerprint density at radius 1 is 1.12 bits per heavy atom. The van der Waals surface area contributed by atoms with E-state index in [1.165, 1.54) is 12.1 Å². The summed E-state index contributed by atoms with van der Waals surface area (Å²) in [5.41, 5.74) is 0.0948. The van der Waals surface area contributed by atoms with E-state index in [4.69, 9.17) is 0 Å². The predicted octanol–water partition coefficient (Wildman–Crippen LogP) is 1.93. The van der Waals surface area contributed by atoms with Crippen LogP contribution in [0.1, 0.15) is 31.2 Å². The van der Waals surface area contributed by atoms with Gasteiger partial charge >= 0.3 is 0 Å². The lowest BCUT2D eigenvalue weighted by atomic mass is 9.81. The molecule has 2 bridgehead atoms. The first-order chi connectivity index (χ1) is 7.66. The zero-order valence-corrected chi connectivity index (χ0v) is 9.12. The molecule has 0 radical (unpaired) electrons. The van der Waals surface area contributed by atoms with Crippen LogP contribution < -0.4 is 5.32 Å². The Bertz CT molecular complexity index is 377. The van der Waals surface area contributed by atoms with E-state index in [1.807, 2.05) is 0 Å². The monoisotopic (exact) mass is 221 g/mol. The lowest BCUT2D eigenvalue weighted by molar-refractivity contribution is -0.0115. The molecule has 2 fully saturated rings. The Morgan fingerprint density at radius 2 is 1.69 bits per heavy atom. The second-order valence-electron chi connectivity index (χ2n) is 5.08. The van der Waals surface area contributed by atoms with Crippen molar-refractivity contribution in [3.63, 3.8) is 0 Å². The summed E-state index contributed by atoms with van der Waals surface area (Å²) >= 11 is 0. The third-order valence-corrected chi connectivity index (χ3v) is 3.88. The molecule has 2 N–H and O–H groups in total. The maximum atomic E-state index is 12.9. The van der Waals surface area contributed by atoms with Crippen molar-refractivity contribution < 1.29 is 9.50 Å². The molecule has 16 heavy (non-hydrogen) atoms. The largest absolute Gasteiger partial charge is 0.385 e.